The number of benzene rings is 3. The number of aryl methyl sites for hydroxylation is 1. The summed E-state index contributed by atoms with van der Waals surface area (Å²) in [5.74, 6) is 0. The Balaban J connectivity index is 1.50. The molecule has 5 nitrogen and oxygen atoms in total. The van der Waals surface area contributed by atoms with Gasteiger partial charge in [-0.1, -0.05) is 48.5 Å². The van der Waals surface area contributed by atoms with E-state index in [9.17, 15) is 4.79 Å². The number of amides is 2. The molecule has 0 fully saturated rings. The van der Waals surface area contributed by atoms with Crippen LogP contribution in [0.5, 0.6) is 0 Å². The molecule has 1 N–H and O–H groups in total. The Kier molecular flexibility index (Phi) is 4.81. The third-order valence-electron chi connectivity index (χ3n) is 4.81. The lowest BCUT2D eigenvalue weighted by atomic mass is 10.0. The highest BCUT2D eigenvalue weighted by Gasteiger charge is 2.12. The summed E-state index contributed by atoms with van der Waals surface area (Å²) in [6.45, 7) is 2.53. The van der Waals surface area contributed by atoms with E-state index in [4.69, 9.17) is 0 Å². The van der Waals surface area contributed by atoms with Gasteiger partial charge in [-0.05, 0) is 47.5 Å². The zero-order chi connectivity index (χ0) is 19.5. The summed E-state index contributed by atoms with van der Waals surface area (Å²) in [6.07, 6.45) is 1.76. The molecule has 1 aromatic heterocycles. The van der Waals surface area contributed by atoms with Crippen LogP contribution < -0.4 is 5.32 Å². The Morgan fingerprint density at radius 1 is 1.04 bits per heavy atom. The summed E-state index contributed by atoms with van der Waals surface area (Å²) in [6, 6.07) is 23.9. The smallest absolute Gasteiger partial charge is 0.321 e. The molecule has 2 amide bonds. The van der Waals surface area contributed by atoms with Crippen LogP contribution >= 0.6 is 0 Å². The zero-order valence-corrected chi connectivity index (χ0v) is 16.0. The summed E-state index contributed by atoms with van der Waals surface area (Å²) < 4.78 is 1.84. The average molecular weight is 370 g/mol. The van der Waals surface area contributed by atoms with E-state index in [-0.39, 0.29) is 6.03 Å². The molecule has 0 bridgehead atoms. The van der Waals surface area contributed by atoms with Crippen LogP contribution in [0.3, 0.4) is 0 Å². The number of carbonyl (C=O) groups is 1. The molecule has 0 saturated heterocycles. The van der Waals surface area contributed by atoms with E-state index < -0.39 is 0 Å². The molecule has 5 heteroatoms. The van der Waals surface area contributed by atoms with E-state index in [0.717, 1.165) is 22.6 Å². The van der Waals surface area contributed by atoms with Crippen LogP contribution in [0.2, 0.25) is 0 Å². The predicted molar refractivity (Wildman–Crippen MR) is 113 cm³/mol. The van der Waals surface area contributed by atoms with Crippen LogP contribution in [0.15, 0.2) is 79.0 Å². The topological polar surface area (TPSA) is 50.2 Å². The Hall–Kier alpha value is -3.60. The lowest BCUT2D eigenvalue weighted by Crippen LogP contribution is -2.30. The number of nitrogens with one attached hydrogen (secondary N) is 1. The molecule has 1 heterocycles. The van der Waals surface area contributed by atoms with E-state index in [1.165, 1.54) is 10.8 Å². The highest BCUT2D eigenvalue weighted by Crippen LogP contribution is 2.20. The summed E-state index contributed by atoms with van der Waals surface area (Å²) in [4.78, 5) is 14.4. The minimum absolute atomic E-state index is 0.151. The second-order valence-electron chi connectivity index (χ2n) is 6.86. The maximum atomic E-state index is 12.7. The fraction of sp³-hybridized carbons (Fsp3) is 0.130. The quantitative estimate of drug-likeness (QED) is 0.550. The second-order valence-corrected chi connectivity index (χ2v) is 6.86. The first-order chi connectivity index (χ1) is 13.6. The van der Waals surface area contributed by atoms with E-state index in [1.807, 2.05) is 60.1 Å². The van der Waals surface area contributed by atoms with Crippen molar-refractivity contribution in [2.45, 2.75) is 13.5 Å². The van der Waals surface area contributed by atoms with Crippen molar-refractivity contribution < 1.29 is 4.79 Å². The average Bonchev–Trinajstić information content (AvgIpc) is 3.14. The van der Waals surface area contributed by atoms with Crippen molar-refractivity contribution >= 4 is 22.5 Å². The van der Waals surface area contributed by atoms with Gasteiger partial charge in [0.1, 0.15) is 0 Å². The molecule has 0 unspecified atom stereocenters. The zero-order valence-electron chi connectivity index (χ0n) is 16.0. The third-order valence-corrected chi connectivity index (χ3v) is 4.81. The van der Waals surface area contributed by atoms with Gasteiger partial charge < -0.3 is 10.2 Å². The van der Waals surface area contributed by atoms with Crippen molar-refractivity contribution in [1.29, 1.82) is 0 Å². The SMILES string of the molecule is Cc1ccnn1-c1cccc(NC(=O)N(C)Cc2cccc3ccccc23)c1. The van der Waals surface area contributed by atoms with Crippen LogP contribution in [0.25, 0.3) is 16.5 Å². The summed E-state index contributed by atoms with van der Waals surface area (Å²) in [5.41, 5.74) is 3.81. The Morgan fingerprint density at radius 3 is 2.64 bits per heavy atom. The molecule has 0 atom stereocenters. The van der Waals surface area contributed by atoms with Crippen LogP contribution in [0.4, 0.5) is 10.5 Å². The minimum Gasteiger partial charge on any atom is -0.323 e. The van der Waals surface area contributed by atoms with Crippen molar-refractivity contribution in [1.82, 2.24) is 14.7 Å². The molecule has 0 spiro atoms. The lowest BCUT2D eigenvalue weighted by molar-refractivity contribution is 0.221. The standard InChI is InChI=1S/C23H22N4O/c1-17-13-14-24-27(17)21-11-6-10-20(15-21)25-23(28)26(2)16-19-9-5-8-18-7-3-4-12-22(18)19/h3-15H,16H2,1-2H3,(H,25,28). The molecule has 28 heavy (non-hydrogen) atoms. The van der Waals surface area contributed by atoms with Crippen molar-refractivity contribution in [3.63, 3.8) is 0 Å². The number of carbonyl (C=O) groups excluding carboxylic acids is 1. The summed E-state index contributed by atoms with van der Waals surface area (Å²) in [7, 11) is 1.80. The summed E-state index contributed by atoms with van der Waals surface area (Å²) in [5, 5.41) is 9.64. The highest BCUT2D eigenvalue weighted by molar-refractivity contribution is 5.90. The Bertz CT molecular complexity index is 1130. The number of rotatable bonds is 4. The molecule has 0 aliphatic rings. The number of urea groups is 1. The van der Waals surface area contributed by atoms with Gasteiger partial charge in [0.2, 0.25) is 0 Å². The Labute approximate surface area is 164 Å². The van der Waals surface area contributed by atoms with Gasteiger partial charge in [-0.2, -0.15) is 5.10 Å². The number of fused-ring (bicyclic) bond motifs is 1. The van der Waals surface area contributed by atoms with E-state index in [0.29, 0.717) is 6.54 Å². The predicted octanol–water partition coefficient (Wildman–Crippen LogP) is 5.00. The first kappa shape index (κ1) is 17.8. The molecule has 4 rings (SSSR count). The number of nitrogens with zero attached hydrogens (tertiary/aromatic N) is 3. The maximum Gasteiger partial charge on any atom is 0.321 e. The fourth-order valence-electron chi connectivity index (χ4n) is 3.33. The van der Waals surface area contributed by atoms with Gasteiger partial charge in [0.05, 0.1) is 5.69 Å². The first-order valence-electron chi connectivity index (χ1n) is 9.21. The van der Waals surface area contributed by atoms with Gasteiger partial charge in [0.25, 0.3) is 0 Å². The minimum atomic E-state index is -0.151. The van der Waals surface area contributed by atoms with E-state index in [1.54, 1.807) is 18.1 Å². The van der Waals surface area contributed by atoms with Gasteiger partial charge in [-0.15, -0.1) is 0 Å². The van der Waals surface area contributed by atoms with Gasteiger partial charge in [-0.25, -0.2) is 9.48 Å². The number of hydrogen-bond acceptors (Lipinski definition) is 2. The van der Waals surface area contributed by atoms with Gasteiger partial charge in [0, 0.05) is 31.2 Å². The molecular weight excluding hydrogens is 348 g/mol. The van der Waals surface area contributed by atoms with E-state index in [2.05, 4.69) is 34.7 Å². The first-order valence-corrected chi connectivity index (χ1v) is 9.21. The molecular formula is C23H22N4O. The van der Waals surface area contributed by atoms with Crippen LogP contribution in [0.1, 0.15) is 11.3 Å². The van der Waals surface area contributed by atoms with Gasteiger partial charge in [0.15, 0.2) is 0 Å². The molecule has 4 aromatic rings. The molecule has 0 aliphatic carbocycles. The lowest BCUT2D eigenvalue weighted by Gasteiger charge is -2.19. The van der Waals surface area contributed by atoms with Crippen LogP contribution in [-0.2, 0) is 6.54 Å². The normalized spacial score (nSPS) is 10.8. The monoisotopic (exact) mass is 370 g/mol. The second kappa shape index (κ2) is 7.56. The van der Waals surface area contributed by atoms with Crippen molar-refractivity contribution in [3.05, 3.63) is 90.3 Å². The number of aromatic nitrogens is 2. The van der Waals surface area contributed by atoms with Crippen LogP contribution in [-0.4, -0.2) is 27.8 Å². The number of hydrogen-bond donors (Lipinski definition) is 1. The maximum absolute atomic E-state index is 12.7. The highest BCUT2D eigenvalue weighted by atomic mass is 16.2. The molecule has 0 aliphatic heterocycles. The van der Waals surface area contributed by atoms with E-state index >= 15 is 0 Å². The Morgan fingerprint density at radius 2 is 1.82 bits per heavy atom. The molecule has 3 aromatic carbocycles. The largest absolute Gasteiger partial charge is 0.323 e. The molecule has 0 saturated carbocycles. The molecule has 140 valence electrons. The number of anilines is 1. The third kappa shape index (κ3) is 3.60. The van der Waals surface area contributed by atoms with Crippen molar-refractivity contribution in [3.8, 4) is 5.69 Å². The summed E-state index contributed by atoms with van der Waals surface area (Å²) >= 11 is 0. The molecule has 0 radical (unpaired) electrons. The van der Waals surface area contributed by atoms with Gasteiger partial charge in [-0.3, -0.25) is 0 Å². The van der Waals surface area contributed by atoms with Gasteiger partial charge >= 0.3 is 6.03 Å². The fourth-order valence-corrected chi connectivity index (χ4v) is 3.33. The van der Waals surface area contributed by atoms with Crippen molar-refractivity contribution in [2.75, 3.05) is 12.4 Å². The van der Waals surface area contributed by atoms with Crippen molar-refractivity contribution in [2.24, 2.45) is 0 Å². The van der Waals surface area contributed by atoms with Crippen LogP contribution in [0, 0.1) is 6.92 Å².